The Morgan fingerprint density at radius 1 is 1.18 bits per heavy atom. The van der Waals surface area contributed by atoms with Crippen LogP contribution in [0.4, 0.5) is 8.78 Å². The summed E-state index contributed by atoms with van der Waals surface area (Å²) in [7, 11) is 0. The molecule has 0 spiro atoms. The Bertz CT molecular complexity index is 753. The minimum absolute atomic E-state index is 0.0107. The summed E-state index contributed by atoms with van der Waals surface area (Å²) >= 11 is 0. The van der Waals surface area contributed by atoms with Crippen LogP contribution in [0.3, 0.4) is 0 Å². The van der Waals surface area contributed by atoms with Crippen molar-refractivity contribution in [1.29, 1.82) is 5.26 Å². The van der Waals surface area contributed by atoms with Crippen LogP contribution in [-0.4, -0.2) is 6.54 Å². The predicted molar refractivity (Wildman–Crippen MR) is 77.3 cm³/mol. The molecule has 1 N–H and O–H groups in total. The van der Waals surface area contributed by atoms with Crippen LogP contribution < -0.4 is 10.1 Å². The van der Waals surface area contributed by atoms with E-state index in [0.29, 0.717) is 24.3 Å². The molecule has 0 atom stereocenters. The Morgan fingerprint density at radius 2 is 2.05 bits per heavy atom. The van der Waals surface area contributed by atoms with Gasteiger partial charge in [0, 0.05) is 18.2 Å². The smallest absolute Gasteiger partial charge is 0.131 e. The summed E-state index contributed by atoms with van der Waals surface area (Å²) < 4.78 is 33.3. The highest BCUT2D eigenvalue weighted by Crippen LogP contribution is 2.25. The van der Waals surface area contributed by atoms with Crippen molar-refractivity contribution >= 4 is 0 Å². The van der Waals surface area contributed by atoms with E-state index in [2.05, 4.69) is 5.32 Å². The number of hydrogen-bond acceptors (Lipinski definition) is 3. The van der Waals surface area contributed by atoms with Crippen molar-refractivity contribution in [3.63, 3.8) is 0 Å². The molecule has 1 aliphatic rings. The Balaban J connectivity index is 1.77. The van der Waals surface area contributed by atoms with Crippen molar-refractivity contribution in [3.8, 4) is 11.8 Å². The van der Waals surface area contributed by atoms with Crippen molar-refractivity contribution in [3.05, 3.63) is 64.2 Å². The fraction of sp³-hybridized carbons (Fsp3) is 0.235. The third-order valence-corrected chi connectivity index (χ3v) is 3.71. The van der Waals surface area contributed by atoms with Crippen molar-refractivity contribution in [1.82, 2.24) is 5.32 Å². The van der Waals surface area contributed by atoms with E-state index in [0.717, 1.165) is 23.7 Å². The second kappa shape index (κ2) is 6.12. The molecule has 0 fully saturated rings. The molecule has 0 bridgehead atoms. The third kappa shape index (κ3) is 2.92. The first-order chi connectivity index (χ1) is 10.7. The Morgan fingerprint density at radius 3 is 2.82 bits per heavy atom. The second-order valence-corrected chi connectivity index (χ2v) is 5.18. The topological polar surface area (TPSA) is 45.0 Å². The maximum atomic E-state index is 14.0. The molecule has 1 heterocycles. The van der Waals surface area contributed by atoms with Gasteiger partial charge in [-0.25, -0.2) is 8.78 Å². The zero-order valence-electron chi connectivity index (χ0n) is 11.8. The molecule has 3 rings (SSSR count). The van der Waals surface area contributed by atoms with Crippen LogP contribution in [0.15, 0.2) is 30.3 Å². The Kier molecular flexibility index (Phi) is 4.03. The highest BCUT2D eigenvalue weighted by molar-refractivity contribution is 5.39. The average molecular weight is 300 g/mol. The third-order valence-electron chi connectivity index (χ3n) is 3.71. The largest absolute Gasteiger partial charge is 0.489 e. The molecule has 3 nitrogen and oxygen atoms in total. The molecule has 0 saturated carbocycles. The van der Waals surface area contributed by atoms with Gasteiger partial charge in [-0.15, -0.1) is 0 Å². The molecule has 112 valence electrons. The summed E-state index contributed by atoms with van der Waals surface area (Å²) in [6.07, 6.45) is 0.658. The summed E-state index contributed by atoms with van der Waals surface area (Å²) in [5.74, 6) is -0.405. The summed E-state index contributed by atoms with van der Waals surface area (Å²) in [5, 5.41) is 11.9. The summed E-state index contributed by atoms with van der Waals surface area (Å²) in [5.41, 5.74) is 2.18. The van der Waals surface area contributed by atoms with Gasteiger partial charge in [-0.05, 0) is 42.3 Å². The molecule has 0 saturated heterocycles. The van der Waals surface area contributed by atoms with Crippen LogP contribution in [0.25, 0.3) is 0 Å². The predicted octanol–water partition coefficient (Wildman–Crippen LogP) is 3.06. The standard InChI is InChI=1S/C17H14F2N2O/c18-16-5-11(8-20)1-2-12(16)10-22-14-6-13-9-21-4-3-15(13)17(19)7-14/h1-2,5-7,21H,3-4,9-10H2. The summed E-state index contributed by atoms with van der Waals surface area (Å²) in [6.45, 7) is 1.36. The van der Waals surface area contributed by atoms with Gasteiger partial charge < -0.3 is 10.1 Å². The minimum atomic E-state index is -0.501. The maximum Gasteiger partial charge on any atom is 0.131 e. The first-order valence-electron chi connectivity index (χ1n) is 7.00. The van der Waals surface area contributed by atoms with E-state index in [1.807, 2.05) is 6.07 Å². The zero-order chi connectivity index (χ0) is 15.5. The molecule has 0 aliphatic carbocycles. The first-order valence-corrected chi connectivity index (χ1v) is 7.00. The Hall–Kier alpha value is -2.45. The van der Waals surface area contributed by atoms with Gasteiger partial charge in [0.15, 0.2) is 0 Å². The van der Waals surface area contributed by atoms with E-state index < -0.39 is 5.82 Å². The van der Waals surface area contributed by atoms with Gasteiger partial charge in [-0.2, -0.15) is 5.26 Å². The first kappa shape index (κ1) is 14.5. The molecular weight excluding hydrogens is 286 g/mol. The van der Waals surface area contributed by atoms with Crippen LogP contribution in [0, 0.1) is 23.0 Å². The van der Waals surface area contributed by atoms with Gasteiger partial charge >= 0.3 is 0 Å². The van der Waals surface area contributed by atoms with E-state index >= 15 is 0 Å². The van der Waals surface area contributed by atoms with Gasteiger partial charge in [0.05, 0.1) is 11.6 Å². The molecule has 5 heteroatoms. The van der Waals surface area contributed by atoms with Crippen molar-refractivity contribution < 1.29 is 13.5 Å². The van der Waals surface area contributed by atoms with Gasteiger partial charge in [0.25, 0.3) is 0 Å². The zero-order valence-corrected chi connectivity index (χ0v) is 11.8. The molecular formula is C17H14F2N2O. The van der Waals surface area contributed by atoms with E-state index in [9.17, 15) is 8.78 Å². The average Bonchev–Trinajstić information content (AvgIpc) is 2.53. The number of benzene rings is 2. The normalized spacial score (nSPS) is 13.3. The van der Waals surface area contributed by atoms with Crippen molar-refractivity contribution in [2.45, 2.75) is 19.6 Å². The number of hydrogen-bond donors (Lipinski definition) is 1. The molecule has 22 heavy (non-hydrogen) atoms. The fourth-order valence-corrected chi connectivity index (χ4v) is 2.52. The molecule has 2 aromatic carbocycles. The van der Waals surface area contributed by atoms with Crippen molar-refractivity contribution in [2.75, 3.05) is 6.54 Å². The molecule has 1 aliphatic heterocycles. The van der Waals surface area contributed by atoms with Gasteiger partial charge in [0.2, 0.25) is 0 Å². The van der Waals surface area contributed by atoms with Crippen LogP contribution in [0.5, 0.6) is 5.75 Å². The minimum Gasteiger partial charge on any atom is -0.489 e. The summed E-state index contributed by atoms with van der Waals surface area (Å²) in [6, 6.07) is 9.19. The lowest BCUT2D eigenvalue weighted by molar-refractivity contribution is 0.297. The van der Waals surface area contributed by atoms with Crippen LogP contribution >= 0.6 is 0 Å². The number of nitrogens with zero attached hydrogens (tertiary/aromatic N) is 1. The number of nitriles is 1. The van der Waals surface area contributed by atoms with Gasteiger partial charge in [-0.1, -0.05) is 6.07 Å². The van der Waals surface area contributed by atoms with Gasteiger partial charge in [-0.3, -0.25) is 0 Å². The van der Waals surface area contributed by atoms with Crippen LogP contribution in [0.2, 0.25) is 0 Å². The number of fused-ring (bicyclic) bond motifs is 1. The monoisotopic (exact) mass is 300 g/mol. The second-order valence-electron chi connectivity index (χ2n) is 5.18. The molecule has 0 radical (unpaired) electrons. The number of nitrogens with one attached hydrogen (secondary N) is 1. The number of halogens is 2. The molecule has 0 amide bonds. The maximum absolute atomic E-state index is 14.0. The van der Waals surface area contributed by atoms with E-state index in [4.69, 9.17) is 10.00 Å². The fourth-order valence-electron chi connectivity index (χ4n) is 2.52. The van der Waals surface area contributed by atoms with E-state index in [-0.39, 0.29) is 18.0 Å². The summed E-state index contributed by atoms with van der Waals surface area (Å²) in [4.78, 5) is 0. The van der Waals surface area contributed by atoms with E-state index in [1.165, 1.54) is 18.2 Å². The molecule has 2 aromatic rings. The van der Waals surface area contributed by atoms with E-state index in [1.54, 1.807) is 6.07 Å². The van der Waals surface area contributed by atoms with Gasteiger partial charge in [0.1, 0.15) is 24.0 Å². The lowest BCUT2D eigenvalue weighted by Gasteiger charge is -2.19. The highest BCUT2D eigenvalue weighted by atomic mass is 19.1. The highest BCUT2D eigenvalue weighted by Gasteiger charge is 2.15. The lowest BCUT2D eigenvalue weighted by atomic mass is 10.0. The lowest BCUT2D eigenvalue weighted by Crippen LogP contribution is -2.24. The Labute approximate surface area is 127 Å². The number of rotatable bonds is 3. The molecule has 0 unspecified atom stereocenters. The van der Waals surface area contributed by atoms with Crippen LogP contribution in [0.1, 0.15) is 22.3 Å². The quantitative estimate of drug-likeness (QED) is 0.947. The number of ether oxygens (including phenoxy) is 1. The van der Waals surface area contributed by atoms with Crippen LogP contribution in [-0.2, 0) is 19.6 Å². The molecule has 0 aromatic heterocycles. The SMILES string of the molecule is N#Cc1ccc(COc2cc(F)c3c(c2)CNCC3)c(F)c1. The van der Waals surface area contributed by atoms with Crippen molar-refractivity contribution in [2.24, 2.45) is 0 Å².